The molecule has 0 aliphatic carbocycles. The summed E-state index contributed by atoms with van der Waals surface area (Å²) in [4.78, 5) is 0. The molecular weight excluding hydrogens is 387 g/mol. The van der Waals surface area contributed by atoms with Crippen molar-refractivity contribution >= 4 is 29.3 Å². The Hall–Kier alpha value is 0.0684. The van der Waals surface area contributed by atoms with E-state index in [9.17, 15) is 0 Å². The van der Waals surface area contributed by atoms with Crippen LogP contribution in [0, 0.1) is 5.92 Å². The molecule has 0 amide bonds. The van der Waals surface area contributed by atoms with E-state index in [0.29, 0.717) is 4.20 Å². The number of hydrogen-bond acceptors (Lipinski definition) is 0. The van der Waals surface area contributed by atoms with Crippen molar-refractivity contribution < 1.29 is 0 Å². The van der Waals surface area contributed by atoms with E-state index in [1.165, 1.54) is 82.6 Å². The molecule has 1 rings (SSSR count). The zero-order valence-electron chi connectivity index (χ0n) is 16.9. The van der Waals surface area contributed by atoms with Gasteiger partial charge in [-0.25, -0.2) is 0 Å². The maximum Gasteiger partial charge on any atom is -0.147 e. The van der Waals surface area contributed by atoms with Gasteiger partial charge in [-0.05, 0) is 0 Å². The van der Waals surface area contributed by atoms with Crippen molar-refractivity contribution in [2.24, 2.45) is 5.92 Å². The van der Waals surface area contributed by atoms with Crippen LogP contribution in [-0.4, -0.2) is 16.9 Å². The molecule has 0 N–H and O–H groups in total. The summed E-state index contributed by atoms with van der Waals surface area (Å²) < 4.78 is 0.559. The summed E-state index contributed by atoms with van der Waals surface area (Å²) in [5.74, 6) is 0.856. The predicted molar refractivity (Wildman–Crippen MR) is 120 cm³/mol. The Kier molecular flexibility index (Phi) is 15.2. The molecule has 0 aromatic heterocycles. The van der Waals surface area contributed by atoms with Crippen LogP contribution in [0.4, 0.5) is 0 Å². The molecule has 0 heterocycles. The minimum atomic E-state index is 0. The second-order valence-corrected chi connectivity index (χ2v) is 10.0. The molecule has 1 aromatic rings. The number of halogens is 1. The van der Waals surface area contributed by atoms with Gasteiger partial charge in [0.2, 0.25) is 0 Å². The van der Waals surface area contributed by atoms with E-state index in [1.807, 2.05) is 16.9 Å². The molecule has 2 heteroatoms. The summed E-state index contributed by atoms with van der Waals surface area (Å²) in [6.45, 7) is 7.10. The molecule has 0 aliphatic rings. The second kappa shape index (κ2) is 15.2. The molecule has 0 bridgehead atoms. The number of benzene rings is 1. The summed E-state index contributed by atoms with van der Waals surface area (Å²) in [7, 11) is 0. The molecule has 146 valence electrons. The van der Waals surface area contributed by atoms with Crippen molar-refractivity contribution in [2.75, 3.05) is 0 Å². The molecule has 0 radical (unpaired) electrons. The Morgan fingerprint density at radius 2 is 1.32 bits per heavy atom. The molecule has 0 saturated heterocycles. The molecule has 0 aliphatic heterocycles. The van der Waals surface area contributed by atoms with Crippen molar-refractivity contribution in [3.8, 4) is 0 Å². The molecule has 0 nitrogen and oxygen atoms in total. The fourth-order valence-corrected chi connectivity index (χ4v) is 4.44. The molecule has 2 atom stereocenters. The number of hydrogen-bond donors (Lipinski definition) is 0. The first-order valence-electron chi connectivity index (χ1n) is 10.5. The van der Waals surface area contributed by atoms with Gasteiger partial charge >= 0.3 is 161 Å². The largest absolute Gasteiger partial charge is 0.147 e. The van der Waals surface area contributed by atoms with E-state index >= 15 is 0 Å². The number of rotatable bonds is 14. The average Bonchev–Trinajstić information content (AvgIpc) is 2.63. The summed E-state index contributed by atoms with van der Waals surface area (Å²) in [6.07, 6.45) is 16.8. The minimum Gasteiger partial charge on any atom is -0.147 e. The Morgan fingerprint density at radius 1 is 0.800 bits per heavy atom. The van der Waals surface area contributed by atoms with Crippen molar-refractivity contribution in [2.45, 2.75) is 102 Å². The molecule has 0 spiro atoms. The number of unbranched alkanes of at least 4 members (excludes halogenated alkanes) is 7. The van der Waals surface area contributed by atoms with E-state index in [2.05, 4.69) is 51.1 Å². The topological polar surface area (TPSA) is 0 Å². The maximum absolute atomic E-state index is 2.40. The van der Waals surface area contributed by atoms with Crippen LogP contribution in [0.2, 0.25) is 4.20 Å². The zero-order valence-corrected chi connectivity index (χ0v) is 20.2. The van der Waals surface area contributed by atoms with Crippen LogP contribution in [0.1, 0.15) is 97.0 Å². The molecule has 1 aromatic carbocycles. The Morgan fingerprint density at radius 3 is 1.84 bits per heavy atom. The molecule has 25 heavy (non-hydrogen) atoms. The zero-order chi connectivity index (χ0) is 17.7. The molecule has 0 saturated carbocycles. The standard InChI is InChI=1S/C23H41As.ClH/c1-4-7-8-9-10-11-12-16-19-22(23(24,5-2)6-3)20-21-17-14-13-15-18-21;/h13-15,17-18,22H,4-12,16,19-20,24H2,1-3H3;1H. The van der Waals surface area contributed by atoms with Crippen LogP contribution in [-0.2, 0) is 6.42 Å². The van der Waals surface area contributed by atoms with Crippen molar-refractivity contribution in [3.05, 3.63) is 35.9 Å². The van der Waals surface area contributed by atoms with Gasteiger partial charge in [0.15, 0.2) is 0 Å². The van der Waals surface area contributed by atoms with Gasteiger partial charge in [-0.3, -0.25) is 0 Å². The second-order valence-electron chi connectivity index (χ2n) is 7.59. The van der Waals surface area contributed by atoms with Crippen molar-refractivity contribution in [1.29, 1.82) is 0 Å². The summed E-state index contributed by atoms with van der Waals surface area (Å²) in [5.41, 5.74) is 1.53. The third kappa shape index (κ3) is 10.1. The van der Waals surface area contributed by atoms with Gasteiger partial charge in [-0.2, -0.15) is 0 Å². The molecular formula is C23H42AsCl. The fraction of sp³-hybridized carbons (Fsp3) is 0.739. The Bertz CT molecular complexity index is 400. The van der Waals surface area contributed by atoms with Crippen molar-refractivity contribution in [1.82, 2.24) is 0 Å². The van der Waals surface area contributed by atoms with Gasteiger partial charge in [0.05, 0.1) is 0 Å². The Labute approximate surface area is 172 Å². The van der Waals surface area contributed by atoms with E-state index in [-0.39, 0.29) is 12.4 Å². The van der Waals surface area contributed by atoms with Gasteiger partial charge in [0, 0.05) is 0 Å². The van der Waals surface area contributed by atoms with Crippen molar-refractivity contribution in [3.63, 3.8) is 0 Å². The molecule has 0 fully saturated rings. The predicted octanol–water partition coefficient (Wildman–Crippen LogP) is 7.41. The van der Waals surface area contributed by atoms with Gasteiger partial charge < -0.3 is 0 Å². The van der Waals surface area contributed by atoms with E-state index in [0.717, 1.165) is 5.92 Å². The first-order valence-corrected chi connectivity index (χ1v) is 11.7. The smallest absolute Gasteiger partial charge is 0.147 e. The molecule has 2 unspecified atom stereocenters. The SMILES string of the molecule is CCCCCCCCCCC(Cc1ccccc1)C([AsH2])(CC)CC.Cl. The van der Waals surface area contributed by atoms with Gasteiger partial charge in [0.25, 0.3) is 0 Å². The Balaban J connectivity index is 0.00000576. The summed E-state index contributed by atoms with van der Waals surface area (Å²) in [6, 6.07) is 11.2. The third-order valence-electron chi connectivity index (χ3n) is 5.86. The van der Waals surface area contributed by atoms with Crippen LogP contribution in [0.25, 0.3) is 0 Å². The van der Waals surface area contributed by atoms with Crippen LogP contribution in [0.15, 0.2) is 30.3 Å². The van der Waals surface area contributed by atoms with Crippen LogP contribution in [0.3, 0.4) is 0 Å². The first kappa shape index (κ1) is 25.1. The third-order valence-corrected chi connectivity index (χ3v) is 8.56. The quantitative estimate of drug-likeness (QED) is 0.214. The van der Waals surface area contributed by atoms with Gasteiger partial charge in [-0.15, -0.1) is 12.4 Å². The first-order chi connectivity index (χ1) is 11.7. The summed E-state index contributed by atoms with van der Waals surface area (Å²) >= 11 is 1.99. The van der Waals surface area contributed by atoms with Crippen LogP contribution < -0.4 is 0 Å². The summed E-state index contributed by atoms with van der Waals surface area (Å²) in [5, 5.41) is 0. The fourth-order valence-electron chi connectivity index (χ4n) is 3.84. The normalized spacial score (nSPS) is 12.6. The van der Waals surface area contributed by atoms with Crippen LogP contribution in [0.5, 0.6) is 0 Å². The van der Waals surface area contributed by atoms with E-state index < -0.39 is 0 Å². The minimum absolute atomic E-state index is 0. The van der Waals surface area contributed by atoms with E-state index in [4.69, 9.17) is 0 Å². The van der Waals surface area contributed by atoms with Gasteiger partial charge in [-0.1, -0.05) is 0 Å². The van der Waals surface area contributed by atoms with E-state index in [1.54, 1.807) is 0 Å². The maximum atomic E-state index is 2.40. The van der Waals surface area contributed by atoms with Crippen LogP contribution >= 0.6 is 12.4 Å². The van der Waals surface area contributed by atoms with Gasteiger partial charge in [0.1, 0.15) is 0 Å². The monoisotopic (exact) mass is 428 g/mol. The average molecular weight is 429 g/mol.